The standard InChI is InChI=1S/C26H35N3/c1-3-4-5-6-7-14-19-26(2,22-27)29-28-25(20-23-15-10-8-11-16-23)21-24-17-12-9-13-18-24/h8-13,15-18,25H,3-7,14,19-21H2,1-2H3. The second kappa shape index (κ2) is 12.9. The van der Waals surface area contributed by atoms with Gasteiger partial charge in [0.1, 0.15) is 0 Å². The summed E-state index contributed by atoms with van der Waals surface area (Å²) in [6, 6.07) is 23.3. The number of unbranched alkanes of at least 4 members (excludes halogenated alkanes) is 5. The van der Waals surface area contributed by atoms with Crippen molar-refractivity contribution >= 4 is 0 Å². The van der Waals surface area contributed by atoms with Crippen molar-refractivity contribution in [3.8, 4) is 6.07 Å². The summed E-state index contributed by atoms with van der Waals surface area (Å²) >= 11 is 0. The van der Waals surface area contributed by atoms with Gasteiger partial charge in [0.05, 0.1) is 12.1 Å². The average molecular weight is 390 g/mol. The van der Waals surface area contributed by atoms with Crippen LogP contribution in [0.5, 0.6) is 0 Å². The van der Waals surface area contributed by atoms with E-state index in [9.17, 15) is 5.26 Å². The van der Waals surface area contributed by atoms with E-state index in [-0.39, 0.29) is 6.04 Å². The summed E-state index contributed by atoms with van der Waals surface area (Å²) in [6.45, 7) is 4.15. The van der Waals surface area contributed by atoms with Crippen molar-refractivity contribution in [1.29, 1.82) is 5.26 Å². The zero-order valence-corrected chi connectivity index (χ0v) is 18.1. The summed E-state index contributed by atoms with van der Waals surface area (Å²) in [4.78, 5) is 0. The highest BCUT2D eigenvalue weighted by atomic mass is 15.2. The molecule has 0 bridgehead atoms. The molecule has 0 saturated carbocycles. The number of azo groups is 1. The molecule has 0 aliphatic rings. The van der Waals surface area contributed by atoms with E-state index in [0.717, 1.165) is 25.7 Å². The van der Waals surface area contributed by atoms with Crippen molar-refractivity contribution in [3.63, 3.8) is 0 Å². The predicted octanol–water partition coefficient (Wildman–Crippen LogP) is 7.33. The van der Waals surface area contributed by atoms with Gasteiger partial charge in [0.2, 0.25) is 0 Å². The fourth-order valence-corrected chi connectivity index (χ4v) is 3.51. The first-order chi connectivity index (χ1) is 14.1. The lowest BCUT2D eigenvalue weighted by Crippen LogP contribution is -2.20. The van der Waals surface area contributed by atoms with Crippen LogP contribution in [-0.2, 0) is 12.8 Å². The maximum atomic E-state index is 9.71. The number of hydrogen-bond acceptors (Lipinski definition) is 3. The molecule has 2 rings (SSSR count). The number of nitriles is 1. The van der Waals surface area contributed by atoms with Crippen molar-refractivity contribution in [2.24, 2.45) is 10.2 Å². The van der Waals surface area contributed by atoms with E-state index in [1.165, 1.54) is 43.2 Å². The molecule has 1 atom stereocenters. The lowest BCUT2D eigenvalue weighted by Gasteiger charge is -2.18. The maximum Gasteiger partial charge on any atom is 0.164 e. The molecule has 0 spiro atoms. The summed E-state index contributed by atoms with van der Waals surface area (Å²) in [6.07, 6.45) is 9.75. The van der Waals surface area contributed by atoms with Crippen LogP contribution in [0.25, 0.3) is 0 Å². The van der Waals surface area contributed by atoms with Crippen LogP contribution in [0.15, 0.2) is 70.9 Å². The molecule has 0 N–H and O–H groups in total. The van der Waals surface area contributed by atoms with Gasteiger partial charge >= 0.3 is 0 Å². The van der Waals surface area contributed by atoms with Crippen LogP contribution in [0.3, 0.4) is 0 Å². The molecule has 0 heterocycles. The van der Waals surface area contributed by atoms with E-state index >= 15 is 0 Å². The largest absolute Gasteiger partial charge is 0.196 e. The molecular formula is C26H35N3. The van der Waals surface area contributed by atoms with Crippen LogP contribution in [0.2, 0.25) is 0 Å². The topological polar surface area (TPSA) is 48.5 Å². The van der Waals surface area contributed by atoms with Crippen molar-refractivity contribution in [1.82, 2.24) is 0 Å². The van der Waals surface area contributed by atoms with Crippen molar-refractivity contribution < 1.29 is 0 Å². The highest BCUT2D eigenvalue weighted by Crippen LogP contribution is 2.22. The van der Waals surface area contributed by atoms with Crippen molar-refractivity contribution in [2.45, 2.75) is 83.2 Å². The van der Waals surface area contributed by atoms with E-state index in [2.05, 4.69) is 71.8 Å². The third-order valence-corrected chi connectivity index (χ3v) is 5.33. The quantitative estimate of drug-likeness (QED) is 0.261. The molecule has 0 aliphatic heterocycles. The molecule has 29 heavy (non-hydrogen) atoms. The minimum absolute atomic E-state index is 0.0389. The Kier molecular flexibility index (Phi) is 10.1. The fourth-order valence-electron chi connectivity index (χ4n) is 3.51. The van der Waals surface area contributed by atoms with Gasteiger partial charge in [-0.25, -0.2) is 0 Å². The van der Waals surface area contributed by atoms with Crippen LogP contribution >= 0.6 is 0 Å². The van der Waals surface area contributed by atoms with E-state index in [1.54, 1.807) is 0 Å². The Hall–Kier alpha value is -2.47. The Bertz CT molecular complexity index is 707. The highest BCUT2D eigenvalue weighted by Gasteiger charge is 2.23. The smallest absolute Gasteiger partial charge is 0.164 e. The van der Waals surface area contributed by atoms with Gasteiger partial charge < -0.3 is 0 Å². The number of nitrogens with zero attached hydrogens (tertiary/aromatic N) is 3. The molecule has 0 aliphatic carbocycles. The monoisotopic (exact) mass is 389 g/mol. The van der Waals surface area contributed by atoms with E-state index in [4.69, 9.17) is 0 Å². The zero-order valence-electron chi connectivity index (χ0n) is 18.1. The van der Waals surface area contributed by atoms with Gasteiger partial charge in [-0.1, -0.05) is 99.7 Å². The summed E-state index contributed by atoms with van der Waals surface area (Å²) in [5.74, 6) is 0. The fraction of sp³-hybridized carbons (Fsp3) is 0.500. The number of hydrogen-bond donors (Lipinski definition) is 0. The minimum atomic E-state index is -0.726. The molecular weight excluding hydrogens is 354 g/mol. The van der Waals surface area contributed by atoms with E-state index in [1.807, 2.05) is 19.1 Å². The summed E-state index contributed by atoms with van der Waals surface area (Å²) in [7, 11) is 0. The number of benzene rings is 2. The minimum Gasteiger partial charge on any atom is -0.196 e. The summed E-state index contributed by atoms with van der Waals surface area (Å²) < 4.78 is 0. The molecule has 0 amide bonds. The molecule has 0 radical (unpaired) electrons. The van der Waals surface area contributed by atoms with Gasteiger partial charge in [0.15, 0.2) is 5.54 Å². The lowest BCUT2D eigenvalue weighted by atomic mass is 9.96. The van der Waals surface area contributed by atoms with Crippen LogP contribution in [0.4, 0.5) is 0 Å². The molecule has 0 aromatic heterocycles. The normalized spacial score (nSPS) is 13.4. The molecule has 2 aromatic rings. The van der Waals surface area contributed by atoms with Gasteiger partial charge in [-0.3, -0.25) is 0 Å². The van der Waals surface area contributed by atoms with Gasteiger partial charge in [0, 0.05) is 0 Å². The second-order valence-corrected chi connectivity index (χ2v) is 8.15. The predicted molar refractivity (Wildman–Crippen MR) is 121 cm³/mol. The lowest BCUT2D eigenvalue weighted by molar-refractivity contribution is 0.457. The zero-order chi connectivity index (χ0) is 20.8. The molecule has 0 saturated heterocycles. The van der Waals surface area contributed by atoms with Crippen LogP contribution in [0.1, 0.15) is 69.9 Å². The Morgan fingerprint density at radius 3 is 1.86 bits per heavy atom. The van der Waals surface area contributed by atoms with E-state index in [0.29, 0.717) is 0 Å². The molecule has 2 aromatic carbocycles. The third-order valence-electron chi connectivity index (χ3n) is 5.33. The van der Waals surface area contributed by atoms with E-state index < -0.39 is 5.54 Å². The van der Waals surface area contributed by atoms with Gasteiger partial charge in [-0.05, 0) is 43.7 Å². The SMILES string of the molecule is CCCCCCCCC(C)(C#N)N=NC(Cc1ccccc1)Cc1ccccc1. The van der Waals surface area contributed by atoms with Crippen molar-refractivity contribution in [3.05, 3.63) is 71.8 Å². The van der Waals surface area contributed by atoms with Crippen LogP contribution in [0, 0.1) is 11.3 Å². The first-order valence-electron chi connectivity index (χ1n) is 11.1. The molecule has 3 nitrogen and oxygen atoms in total. The Balaban J connectivity index is 2.00. The van der Waals surface area contributed by atoms with Crippen molar-refractivity contribution in [2.75, 3.05) is 0 Å². The van der Waals surface area contributed by atoms with Crippen LogP contribution < -0.4 is 0 Å². The molecule has 1 unspecified atom stereocenters. The molecule has 3 heteroatoms. The number of rotatable bonds is 13. The second-order valence-electron chi connectivity index (χ2n) is 8.15. The van der Waals surface area contributed by atoms with Crippen LogP contribution in [-0.4, -0.2) is 11.6 Å². The summed E-state index contributed by atoms with van der Waals surface area (Å²) in [5, 5.41) is 19.0. The third kappa shape index (κ3) is 9.05. The Morgan fingerprint density at radius 1 is 0.828 bits per heavy atom. The highest BCUT2D eigenvalue weighted by molar-refractivity contribution is 5.19. The average Bonchev–Trinajstić information content (AvgIpc) is 2.76. The van der Waals surface area contributed by atoms with Gasteiger partial charge in [-0.2, -0.15) is 15.5 Å². The Morgan fingerprint density at radius 2 is 1.34 bits per heavy atom. The van der Waals surface area contributed by atoms with Gasteiger partial charge in [-0.15, -0.1) is 0 Å². The Labute approximate surface area is 176 Å². The molecule has 154 valence electrons. The maximum absolute atomic E-state index is 9.71. The first-order valence-corrected chi connectivity index (χ1v) is 11.1. The summed E-state index contributed by atoms with van der Waals surface area (Å²) in [5.41, 5.74) is 1.78. The first kappa shape index (κ1) is 22.8. The molecule has 0 fully saturated rings. The van der Waals surface area contributed by atoms with Gasteiger partial charge in [0.25, 0.3) is 0 Å².